The lowest BCUT2D eigenvalue weighted by Crippen LogP contribution is -2.47. The smallest absolute Gasteiger partial charge is 0.0510 e. The zero-order valence-corrected chi connectivity index (χ0v) is 9.61. The Balaban J connectivity index is 2.36. The predicted molar refractivity (Wildman–Crippen MR) is 60.7 cm³/mol. The van der Waals surface area contributed by atoms with Gasteiger partial charge in [-0.05, 0) is 19.3 Å². The van der Waals surface area contributed by atoms with Crippen molar-refractivity contribution in [3.63, 3.8) is 0 Å². The number of hydrogen-bond donors (Lipinski definition) is 3. The number of ether oxygens (including phenoxy) is 1. The zero-order valence-electron chi connectivity index (χ0n) is 9.61. The first-order chi connectivity index (χ1) is 7.31. The normalized spacial score (nSPS) is 25.4. The highest BCUT2D eigenvalue weighted by atomic mass is 16.5. The van der Waals surface area contributed by atoms with Crippen molar-refractivity contribution in [2.24, 2.45) is 11.7 Å². The van der Waals surface area contributed by atoms with E-state index < -0.39 is 0 Å². The van der Waals surface area contributed by atoms with Crippen molar-refractivity contribution in [1.82, 2.24) is 5.32 Å². The molecule has 0 spiro atoms. The Bertz CT molecular complexity index is 161. The molecule has 1 aliphatic heterocycles. The van der Waals surface area contributed by atoms with Gasteiger partial charge in [-0.25, -0.2) is 0 Å². The number of aliphatic hydroxyl groups is 1. The molecule has 4 N–H and O–H groups in total. The predicted octanol–water partition coefficient (Wildman–Crippen LogP) is 0.101. The molecule has 1 aliphatic rings. The SMILES string of the molecule is CCC(CCO)NC(CN)C1CCOC1. The fraction of sp³-hybridized carbons (Fsp3) is 1.00. The average Bonchev–Trinajstić information content (AvgIpc) is 2.77. The molecule has 0 saturated carbocycles. The van der Waals surface area contributed by atoms with E-state index >= 15 is 0 Å². The molecule has 4 heteroatoms. The van der Waals surface area contributed by atoms with Gasteiger partial charge in [0.05, 0.1) is 6.61 Å². The molecule has 0 aromatic heterocycles. The summed E-state index contributed by atoms with van der Waals surface area (Å²) >= 11 is 0. The lowest BCUT2D eigenvalue weighted by atomic mass is 9.97. The summed E-state index contributed by atoms with van der Waals surface area (Å²) in [5.74, 6) is 0.544. The molecule has 0 aromatic rings. The summed E-state index contributed by atoms with van der Waals surface area (Å²) in [7, 11) is 0. The molecule has 4 nitrogen and oxygen atoms in total. The van der Waals surface area contributed by atoms with E-state index in [0.29, 0.717) is 24.5 Å². The van der Waals surface area contributed by atoms with Crippen LogP contribution < -0.4 is 11.1 Å². The molecule has 0 aliphatic carbocycles. The van der Waals surface area contributed by atoms with Crippen molar-refractivity contribution < 1.29 is 9.84 Å². The molecular formula is C11H24N2O2. The topological polar surface area (TPSA) is 67.5 Å². The minimum atomic E-state index is 0.240. The number of nitrogens with two attached hydrogens (primary N) is 1. The Morgan fingerprint density at radius 3 is 2.87 bits per heavy atom. The molecule has 0 amide bonds. The fourth-order valence-electron chi connectivity index (χ4n) is 2.13. The van der Waals surface area contributed by atoms with Crippen molar-refractivity contribution in [2.75, 3.05) is 26.4 Å². The lowest BCUT2D eigenvalue weighted by Gasteiger charge is -2.27. The molecule has 1 rings (SSSR count). The van der Waals surface area contributed by atoms with Crippen molar-refractivity contribution in [1.29, 1.82) is 0 Å². The monoisotopic (exact) mass is 216 g/mol. The molecule has 3 unspecified atom stereocenters. The highest BCUT2D eigenvalue weighted by molar-refractivity contribution is 4.83. The lowest BCUT2D eigenvalue weighted by molar-refractivity contribution is 0.172. The first-order valence-corrected chi connectivity index (χ1v) is 5.96. The molecular weight excluding hydrogens is 192 g/mol. The van der Waals surface area contributed by atoms with Gasteiger partial charge in [-0.1, -0.05) is 6.92 Å². The second kappa shape index (κ2) is 7.17. The third-order valence-electron chi connectivity index (χ3n) is 3.21. The number of aliphatic hydroxyl groups excluding tert-OH is 1. The molecule has 90 valence electrons. The summed E-state index contributed by atoms with van der Waals surface area (Å²) in [6.45, 7) is 4.70. The number of rotatable bonds is 7. The standard InChI is InChI=1S/C11H24N2O2/c1-2-10(3-5-14)13-11(7-12)9-4-6-15-8-9/h9-11,13-14H,2-8,12H2,1H3. The molecule has 1 saturated heterocycles. The number of nitrogens with one attached hydrogen (secondary N) is 1. The average molecular weight is 216 g/mol. The molecule has 3 atom stereocenters. The quantitative estimate of drug-likeness (QED) is 0.565. The van der Waals surface area contributed by atoms with Gasteiger partial charge in [-0.15, -0.1) is 0 Å². The van der Waals surface area contributed by atoms with Gasteiger partial charge in [0.15, 0.2) is 0 Å². The molecule has 1 heterocycles. The highest BCUT2D eigenvalue weighted by Gasteiger charge is 2.25. The van der Waals surface area contributed by atoms with Crippen molar-refractivity contribution >= 4 is 0 Å². The van der Waals surface area contributed by atoms with E-state index in [4.69, 9.17) is 15.6 Å². The third-order valence-corrected chi connectivity index (χ3v) is 3.21. The Labute approximate surface area is 92.2 Å². The molecule has 0 aromatic carbocycles. The van der Waals surface area contributed by atoms with Crippen LogP contribution in [-0.2, 0) is 4.74 Å². The molecule has 0 radical (unpaired) electrons. The van der Waals surface area contributed by atoms with E-state index in [1.54, 1.807) is 0 Å². The minimum absolute atomic E-state index is 0.240. The van der Waals surface area contributed by atoms with Crippen LogP contribution >= 0.6 is 0 Å². The Morgan fingerprint density at radius 1 is 1.60 bits per heavy atom. The Hall–Kier alpha value is -0.160. The van der Waals surface area contributed by atoms with Crippen LogP contribution in [0, 0.1) is 5.92 Å². The van der Waals surface area contributed by atoms with Gasteiger partial charge in [-0.2, -0.15) is 0 Å². The van der Waals surface area contributed by atoms with Crippen LogP contribution in [0.4, 0.5) is 0 Å². The van der Waals surface area contributed by atoms with Crippen molar-refractivity contribution in [3.8, 4) is 0 Å². The van der Waals surface area contributed by atoms with Gasteiger partial charge in [0, 0.05) is 37.8 Å². The Morgan fingerprint density at radius 2 is 2.40 bits per heavy atom. The minimum Gasteiger partial charge on any atom is -0.396 e. The molecule has 15 heavy (non-hydrogen) atoms. The maximum atomic E-state index is 8.92. The van der Waals surface area contributed by atoms with Gasteiger partial charge in [0.25, 0.3) is 0 Å². The number of hydrogen-bond acceptors (Lipinski definition) is 4. The van der Waals surface area contributed by atoms with Gasteiger partial charge >= 0.3 is 0 Å². The van der Waals surface area contributed by atoms with Gasteiger partial charge in [0.2, 0.25) is 0 Å². The summed E-state index contributed by atoms with van der Waals surface area (Å²) in [6, 6.07) is 0.716. The second-order valence-electron chi connectivity index (χ2n) is 4.25. The summed E-state index contributed by atoms with van der Waals surface area (Å²) in [4.78, 5) is 0. The van der Waals surface area contributed by atoms with Crippen LogP contribution in [0.5, 0.6) is 0 Å². The van der Waals surface area contributed by atoms with Crippen molar-refractivity contribution in [2.45, 2.75) is 38.3 Å². The van der Waals surface area contributed by atoms with Gasteiger partial charge < -0.3 is 20.9 Å². The fourth-order valence-corrected chi connectivity index (χ4v) is 2.13. The zero-order chi connectivity index (χ0) is 11.1. The summed E-state index contributed by atoms with van der Waals surface area (Å²) in [6.07, 6.45) is 2.94. The third kappa shape index (κ3) is 4.07. The maximum absolute atomic E-state index is 8.92. The maximum Gasteiger partial charge on any atom is 0.0510 e. The van der Waals surface area contributed by atoms with Crippen LogP contribution in [0.2, 0.25) is 0 Å². The highest BCUT2D eigenvalue weighted by Crippen LogP contribution is 2.17. The van der Waals surface area contributed by atoms with E-state index in [1.165, 1.54) is 0 Å². The molecule has 1 fully saturated rings. The van der Waals surface area contributed by atoms with Crippen molar-refractivity contribution in [3.05, 3.63) is 0 Å². The van der Waals surface area contributed by atoms with E-state index in [0.717, 1.165) is 32.5 Å². The van der Waals surface area contributed by atoms with Crippen LogP contribution in [0.15, 0.2) is 0 Å². The molecule has 0 bridgehead atoms. The van der Waals surface area contributed by atoms with Gasteiger partial charge in [-0.3, -0.25) is 0 Å². The van der Waals surface area contributed by atoms with Crippen LogP contribution in [0.1, 0.15) is 26.2 Å². The van der Waals surface area contributed by atoms with E-state index in [2.05, 4.69) is 12.2 Å². The van der Waals surface area contributed by atoms with Crippen LogP contribution in [0.3, 0.4) is 0 Å². The second-order valence-corrected chi connectivity index (χ2v) is 4.25. The first-order valence-electron chi connectivity index (χ1n) is 5.96. The summed E-state index contributed by atoms with van der Waals surface area (Å²) in [5.41, 5.74) is 5.77. The van der Waals surface area contributed by atoms with Crippen LogP contribution in [-0.4, -0.2) is 43.6 Å². The van der Waals surface area contributed by atoms with Crippen LogP contribution in [0.25, 0.3) is 0 Å². The Kier molecular flexibility index (Phi) is 6.17. The van der Waals surface area contributed by atoms with Gasteiger partial charge in [0.1, 0.15) is 0 Å². The van der Waals surface area contributed by atoms with E-state index in [1.807, 2.05) is 0 Å². The van der Waals surface area contributed by atoms with E-state index in [-0.39, 0.29) is 6.61 Å². The first kappa shape index (κ1) is 12.9. The summed E-state index contributed by atoms with van der Waals surface area (Å²) in [5, 5.41) is 12.5. The largest absolute Gasteiger partial charge is 0.396 e. The van der Waals surface area contributed by atoms with E-state index in [9.17, 15) is 0 Å². The summed E-state index contributed by atoms with van der Waals surface area (Å²) < 4.78 is 5.37.